The quantitative estimate of drug-likeness (QED) is 0.690. The van der Waals surface area contributed by atoms with Crippen LogP contribution in [0.25, 0.3) is 10.8 Å². The van der Waals surface area contributed by atoms with Crippen LogP contribution in [0.5, 0.6) is 0 Å². The maximum absolute atomic E-state index is 12.3. The molecular formula is C15H16N2O5S. The van der Waals surface area contributed by atoms with Crippen LogP contribution in [0.3, 0.4) is 0 Å². The first-order chi connectivity index (χ1) is 10.8. The van der Waals surface area contributed by atoms with E-state index in [0.29, 0.717) is 0 Å². The number of rotatable bonds is 7. The number of amides is 1. The average Bonchev–Trinajstić information content (AvgIpc) is 2.50. The lowest BCUT2D eigenvalue weighted by Crippen LogP contribution is -2.41. The van der Waals surface area contributed by atoms with Crippen LogP contribution in [-0.4, -0.2) is 31.4 Å². The first-order valence-electron chi connectivity index (χ1n) is 6.82. The summed E-state index contributed by atoms with van der Waals surface area (Å²) in [6.07, 6.45) is -0.436. The van der Waals surface area contributed by atoms with Crippen LogP contribution in [0.2, 0.25) is 0 Å². The van der Waals surface area contributed by atoms with Crippen LogP contribution >= 0.6 is 0 Å². The van der Waals surface area contributed by atoms with Gasteiger partial charge in [-0.2, -0.15) is 4.72 Å². The standard InChI is InChI=1S/C15H16N2O5S/c16-14(18)8-7-13(15(19)20)17-23(21,22)12-6-5-10-3-1-2-4-11(10)9-12/h1-6,9,13,17H,7-8H2,(H2,16,18)(H,19,20)/t13-/m0/s1. The molecule has 0 bridgehead atoms. The third kappa shape index (κ3) is 4.27. The highest BCUT2D eigenvalue weighted by Gasteiger charge is 2.25. The van der Waals surface area contributed by atoms with Crippen LogP contribution in [0.4, 0.5) is 0 Å². The summed E-state index contributed by atoms with van der Waals surface area (Å²) in [5, 5.41) is 10.7. The van der Waals surface area contributed by atoms with Gasteiger partial charge in [0.2, 0.25) is 15.9 Å². The minimum atomic E-state index is -4.03. The van der Waals surface area contributed by atoms with Gasteiger partial charge in [-0.05, 0) is 29.3 Å². The highest BCUT2D eigenvalue weighted by atomic mass is 32.2. The van der Waals surface area contributed by atoms with Gasteiger partial charge < -0.3 is 10.8 Å². The molecule has 2 aromatic rings. The van der Waals surface area contributed by atoms with Crippen LogP contribution in [0.1, 0.15) is 12.8 Å². The van der Waals surface area contributed by atoms with Crippen molar-refractivity contribution >= 4 is 32.7 Å². The Balaban J connectivity index is 2.27. The smallest absolute Gasteiger partial charge is 0.321 e. The molecule has 2 aromatic carbocycles. The number of sulfonamides is 1. The number of carbonyl (C=O) groups is 2. The second-order valence-corrected chi connectivity index (χ2v) is 6.74. The molecule has 0 heterocycles. The second kappa shape index (κ2) is 6.76. The zero-order chi connectivity index (χ0) is 17.0. The van der Waals surface area contributed by atoms with E-state index in [0.717, 1.165) is 10.8 Å². The Bertz CT molecular complexity index is 848. The Morgan fingerprint density at radius 1 is 1.13 bits per heavy atom. The van der Waals surface area contributed by atoms with Crippen molar-refractivity contribution in [1.82, 2.24) is 4.72 Å². The molecule has 1 atom stereocenters. The molecule has 0 saturated carbocycles. The van der Waals surface area contributed by atoms with E-state index in [9.17, 15) is 18.0 Å². The normalized spacial score (nSPS) is 12.9. The van der Waals surface area contributed by atoms with Gasteiger partial charge in [-0.15, -0.1) is 0 Å². The van der Waals surface area contributed by atoms with Gasteiger partial charge in [0.05, 0.1) is 4.90 Å². The topological polar surface area (TPSA) is 127 Å². The van der Waals surface area contributed by atoms with Gasteiger partial charge in [0.15, 0.2) is 0 Å². The number of hydrogen-bond acceptors (Lipinski definition) is 4. The Labute approximate surface area is 133 Å². The number of primary amides is 1. The summed E-state index contributed by atoms with van der Waals surface area (Å²) in [5.74, 6) is -2.06. The molecule has 0 fully saturated rings. The predicted octanol–water partition coefficient (Wildman–Crippen LogP) is 0.837. The first kappa shape index (κ1) is 16.9. The molecule has 2 rings (SSSR count). The van der Waals surface area contributed by atoms with Gasteiger partial charge in [0.25, 0.3) is 0 Å². The summed E-state index contributed by atoms with van der Waals surface area (Å²) >= 11 is 0. The Morgan fingerprint density at radius 3 is 2.39 bits per heavy atom. The van der Waals surface area contributed by atoms with Crippen LogP contribution in [-0.2, 0) is 19.6 Å². The monoisotopic (exact) mass is 336 g/mol. The van der Waals surface area contributed by atoms with Crippen LogP contribution in [0, 0.1) is 0 Å². The molecule has 0 radical (unpaired) electrons. The lowest BCUT2D eigenvalue weighted by atomic mass is 10.1. The molecule has 0 saturated heterocycles. The molecule has 0 aromatic heterocycles. The average molecular weight is 336 g/mol. The third-order valence-corrected chi connectivity index (χ3v) is 4.78. The predicted molar refractivity (Wildman–Crippen MR) is 84.1 cm³/mol. The molecule has 8 heteroatoms. The number of benzene rings is 2. The number of nitrogens with one attached hydrogen (secondary N) is 1. The molecule has 122 valence electrons. The molecular weight excluding hydrogens is 320 g/mol. The summed E-state index contributed by atoms with van der Waals surface area (Å²) in [5.41, 5.74) is 4.97. The summed E-state index contributed by atoms with van der Waals surface area (Å²) in [6.45, 7) is 0. The summed E-state index contributed by atoms with van der Waals surface area (Å²) in [7, 11) is -4.03. The van der Waals surface area contributed by atoms with Crippen molar-refractivity contribution in [2.45, 2.75) is 23.8 Å². The Morgan fingerprint density at radius 2 is 1.78 bits per heavy atom. The van der Waals surface area contributed by atoms with Gasteiger partial charge in [0.1, 0.15) is 6.04 Å². The molecule has 7 nitrogen and oxygen atoms in total. The van der Waals surface area contributed by atoms with E-state index in [1.54, 1.807) is 18.2 Å². The molecule has 23 heavy (non-hydrogen) atoms. The number of carbonyl (C=O) groups excluding carboxylic acids is 1. The van der Waals surface area contributed by atoms with E-state index in [4.69, 9.17) is 10.8 Å². The number of fused-ring (bicyclic) bond motifs is 1. The fourth-order valence-electron chi connectivity index (χ4n) is 2.11. The lowest BCUT2D eigenvalue weighted by molar-refractivity contribution is -0.139. The maximum atomic E-state index is 12.3. The minimum Gasteiger partial charge on any atom is -0.480 e. The first-order valence-corrected chi connectivity index (χ1v) is 8.30. The fraction of sp³-hybridized carbons (Fsp3) is 0.200. The number of hydrogen-bond donors (Lipinski definition) is 3. The van der Waals surface area contributed by atoms with Crippen molar-refractivity contribution in [3.63, 3.8) is 0 Å². The summed E-state index contributed by atoms with van der Waals surface area (Å²) in [6, 6.07) is 10.3. The molecule has 1 amide bonds. The van der Waals surface area contributed by atoms with Gasteiger partial charge in [-0.25, -0.2) is 8.42 Å². The molecule has 0 aliphatic heterocycles. The van der Waals surface area contributed by atoms with Gasteiger partial charge in [-0.1, -0.05) is 30.3 Å². The van der Waals surface area contributed by atoms with Gasteiger partial charge in [0, 0.05) is 6.42 Å². The second-order valence-electron chi connectivity index (χ2n) is 5.03. The largest absolute Gasteiger partial charge is 0.480 e. The van der Waals surface area contributed by atoms with Crippen molar-refractivity contribution < 1.29 is 23.1 Å². The van der Waals surface area contributed by atoms with Crippen molar-refractivity contribution in [1.29, 1.82) is 0 Å². The maximum Gasteiger partial charge on any atom is 0.321 e. The molecule has 0 aliphatic carbocycles. The van der Waals surface area contributed by atoms with Crippen LogP contribution in [0.15, 0.2) is 47.4 Å². The summed E-state index contributed by atoms with van der Waals surface area (Å²) < 4.78 is 26.8. The zero-order valence-corrected chi connectivity index (χ0v) is 12.9. The zero-order valence-electron chi connectivity index (χ0n) is 12.1. The SMILES string of the molecule is NC(=O)CC[C@H](NS(=O)(=O)c1ccc2ccccc2c1)C(=O)O. The minimum absolute atomic E-state index is 0.0403. The van der Waals surface area contributed by atoms with Crippen molar-refractivity contribution in [3.05, 3.63) is 42.5 Å². The number of carboxylic acids is 1. The Kier molecular flexibility index (Phi) is 4.97. The third-order valence-electron chi connectivity index (χ3n) is 3.31. The van der Waals surface area contributed by atoms with Crippen molar-refractivity contribution in [2.24, 2.45) is 5.73 Å². The molecule has 0 unspecified atom stereocenters. The van der Waals surface area contributed by atoms with Crippen molar-refractivity contribution in [3.8, 4) is 0 Å². The lowest BCUT2D eigenvalue weighted by Gasteiger charge is -2.14. The number of nitrogens with two attached hydrogens (primary N) is 1. The molecule has 4 N–H and O–H groups in total. The van der Waals surface area contributed by atoms with Crippen molar-refractivity contribution in [2.75, 3.05) is 0 Å². The molecule has 0 spiro atoms. The Hall–Kier alpha value is -2.45. The van der Waals surface area contributed by atoms with E-state index in [1.807, 2.05) is 12.1 Å². The number of carboxylic acid groups (broad SMARTS) is 1. The van der Waals surface area contributed by atoms with E-state index in [-0.39, 0.29) is 17.7 Å². The van der Waals surface area contributed by atoms with E-state index in [2.05, 4.69) is 4.72 Å². The van der Waals surface area contributed by atoms with Gasteiger partial charge in [-0.3, -0.25) is 9.59 Å². The summed E-state index contributed by atoms with van der Waals surface area (Å²) in [4.78, 5) is 21.9. The van der Waals surface area contributed by atoms with E-state index in [1.165, 1.54) is 12.1 Å². The number of aliphatic carboxylic acids is 1. The highest BCUT2D eigenvalue weighted by Crippen LogP contribution is 2.19. The van der Waals surface area contributed by atoms with E-state index >= 15 is 0 Å². The van der Waals surface area contributed by atoms with Crippen LogP contribution < -0.4 is 10.5 Å². The fourth-order valence-corrected chi connectivity index (χ4v) is 3.37. The molecule has 0 aliphatic rings. The highest BCUT2D eigenvalue weighted by molar-refractivity contribution is 7.89. The van der Waals surface area contributed by atoms with E-state index < -0.39 is 27.9 Å². The van der Waals surface area contributed by atoms with Gasteiger partial charge >= 0.3 is 5.97 Å².